The molecular formula is C18H16N6O2. The van der Waals surface area contributed by atoms with E-state index in [1.165, 1.54) is 18.3 Å². The van der Waals surface area contributed by atoms with E-state index in [0.29, 0.717) is 17.9 Å². The standard InChI is InChI=1S/C18H16N6O2/c25-24(26)18-10-4-8-16(12-18)20-19-11-5-9-17-14-23(22-21-17)13-15-6-2-1-3-7-15/h1-12,14,20H,13H2/b9-5+,19-11-. The summed E-state index contributed by atoms with van der Waals surface area (Å²) in [5.74, 6) is 0. The van der Waals surface area contributed by atoms with Gasteiger partial charge in [-0.15, -0.1) is 5.10 Å². The largest absolute Gasteiger partial charge is 0.278 e. The van der Waals surface area contributed by atoms with Gasteiger partial charge in [0.15, 0.2) is 0 Å². The molecule has 1 aromatic heterocycles. The van der Waals surface area contributed by atoms with Gasteiger partial charge in [-0.25, -0.2) is 4.68 Å². The number of nitro groups is 1. The Labute approximate surface area is 149 Å². The fourth-order valence-corrected chi connectivity index (χ4v) is 2.22. The van der Waals surface area contributed by atoms with Crippen molar-refractivity contribution in [3.8, 4) is 0 Å². The Morgan fingerprint density at radius 2 is 2.04 bits per heavy atom. The lowest BCUT2D eigenvalue weighted by Gasteiger charge is -1.98. The van der Waals surface area contributed by atoms with E-state index in [4.69, 9.17) is 0 Å². The van der Waals surface area contributed by atoms with E-state index in [-0.39, 0.29) is 5.69 Å². The predicted molar refractivity (Wildman–Crippen MR) is 99.8 cm³/mol. The van der Waals surface area contributed by atoms with Gasteiger partial charge in [-0.3, -0.25) is 15.5 Å². The number of aromatic nitrogens is 3. The van der Waals surface area contributed by atoms with Crippen LogP contribution >= 0.6 is 0 Å². The van der Waals surface area contributed by atoms with Crippen molar-refractivity contribution >= 4 is 23.7 Å². The number of allylic oxidation sites excluding steroid dienone is 1. The van der Waals surface area contributed by atoms with Crippen molar-refractivity contribution in [3.63, 3.8) is 0 Å². The van der Waals surface area contributed by atoms with Gasteiger partial charge >= 0.3 is 0 Å². The van der Waals surface area contributed by atoms with Gasteiger partial charge in [-0.1, -0.05) is 41.6 Å². The third-order valence-electron chi connectivity index (χ3n) is 3.42. The summed E-state index contributed by atoms with van der Waals surface area (Å²) in [4.78, 5) is 10.3. The molecule has 8 heteroatoms. The number of hydrazone groups is 1. The first kappa shape index (κ1) is 17.0. The van der Waals surface area contributed by atoms with E-state index in [2.05, 4.69) is 20.8 Å². The molecule has 0 unspecified atom stereocenters. The number of anilines is 1. The highest BCUT2D eigenvalue weighted by Gasteiger charge is 2.04. The Hall–Kier alpha value is -3.81. The Morgan fingerprint density at radius 3 is 2.85 bits per heavy atom. The highest BCUT2D eigenvalue weighted by atomic mass is 16.6. The lowest BCUT2D eigenvalue weighted by atomic mass is 10.2. The predicted octanol–water partition coefficient (Wildman–Crippen LogP) is 3.35. The zero-order chi connectivity index (χ0) is 18.2. The van der Waals surface area contributed by atoms with Gasteiger partial charge in [0.1, 0.15) is 5.69 Å². The Kier molecular flexibility index (Phi) is 5.46. The Balaban J connectivity index is 1.53. The topological polar surface area (TPSA) is 98.2 Å². The third-order valence-corrected chi connectivity index (χ3v) is 3.42. The maximum Gasteiger partial charge on any atom is 0.271 e. The van der Waals surface area contributed by atoms with Gasteiger partial charge in [0, 0.05) is 18.3 Å². The van der Waals surface area contributed by atoms with Crippen molar-refractivity contribution in [3.05, 3.63) is 88.2 Å². The number of nitrogens with one attached hydrogen (secondary N) is 1. The molecule has 0 fully saturated rings. The van der Waals surface area contributed by atoms with Gasteiger partial charge in [0.05, 0.1) is 23.4 Å². The number of rotatable bonds is 7. The molecule has 130 valence electrons. The minimum absolute atomic E-state index is 0.00997. The molecule has 1 heterocycles. The minimum Gasteiger partial charge on any atom is -0.278 e. The Bertz CT molecular complexity index is 934. The van der Waals surface area contributed by atoms with Crippen LogP contribution in [0.2, 0.25) is 0 Å². The number of non-ortho nitro benzene ring substituents is 1. The van der Waals surface area contributed by atoms with Gasteiger partial charge in [-0.2, -0.15) is 5.10 Å². The summed E-state index contributed by atoms with van der Waals surface area (Å²) in [5.41, 5.74) is 5.15. The van der Waals surface area contributed by atoms with Crippen LogP contribution in [0.3, 0.4) is 0 Å². The molecule has 0 saturated heterocycles. The summed E-state index contributed by atoms with van der Waals surface area (Å²) < 4.78 is 1.76. The van der Waals surface area contributed by atoms with Crippen LogP contribution in [0.5, 0.6) is 0 Å². The molecule has 0 aliphatic rings. The molecular weight excluding hydrogens is 332 g/mol. The van der Waals surface area contributed by atoms with Crippen molar-refractivity contribution in [1.82, 2.24) is 15.0 Å². The second-order valence-corrected chi connectivity index (χ2v) is 5.38. The number of benzene rings is 2. The zero-order valence-electron chi connectivity index (χ0n) is 13.8. The van der Waals surface area contributed by atoms with Gasteiger partial charge in [-0.05, 0) is 23.8 Å². The summed E-state index contributed by atoms with van der Waals surface area (Å²) in [7, 11) is 0. The lowest BCUT2D eigenvalue weighted by molar-refractivity contribution is -0.384. The van der Waals surface area contributed by atoms with Crippen molar-refractivity contribution < 1.29 is 4.92 Å². The normalized spacial score (nSPS) is 11.2. The summed E-state index contributed by atoms with van der Waals surface area (Å²) >= 11 is 0. The van der Waals surface area contributed by atoms with Gasteiger partial charge in [0.25, 0.3) is 5.69 Å². The minimum atomic E-state index is -0.451. The highest BCUT2D eigenvalue weighted by Crippen LogP contribution is 2.16. The SMILES string of the molecule is O=[N+]([O-])c1cccc(N/N=C\C=C\c2cn(Cc3ccccc3)nn2)c1. The Morgan fingerprint density at radius 1 is 1.19 bits per heavy atom. The van der Waals surface area contributed by atoms with E-state index >= 15 is 0 Å². The van der Waals surface area contributed by atoms with Crippen molar-refractivity contribution in [1.29, 1.82) is 0 Å². The molecule has 26 heavy (non-hydrogen) atoms. The second-order valence-electron chi connectivity index (χ2n) is 5.38. The third kappa shape index (κ3) is 4.84. The second kappa shape index (κ2) is 8.34. The molecule has 3 aromatic rings. The van der Waals surface area contributed by atoms with Crippen LogP contribution in [-0.2, 0) is 6.54 Å². The van der Waals surface area contributed by atoms with Crippen molar-refractivity contribution in [2.45, 2.75) is 6.54 Å². The monoisotopic (exact) mass is 348 g/mol. The fourth-order valence-electron chi connectivity index (χ4n) is 2.22. The maximum absolute atomic E-state index is 10.7. The van der Waals surface area contributed by atoms with Crippen LogP contribution in [0.1, 0.15) is 11.3 Å². The number of hydrogen-bond donors (Lipinski definition) is 1. The van der Waals surface area contributed by atoms with Gasteiger partial charge in [0.2, 0.25) is 0 Å². The van der Waals surface area contributed by atoms with E-state index in [0.717, 1.165) is 5.56 Å². The fraction of sp³-hybridized carbons (Fsp3) is 0.0556. The molecule has 0 atom stereocenters. The van der Waals surface area contributed by atoms with Crippen LogP contribution in [0.4, 0.5) is 11.4 Å². The molecule has 2 aromatic carbocycles. The van der Waals surface area contributed by atoms with Gasteiger partial charge < -0.3 is 0 Å². The molecule has 0 spiro atoms. The molecule has 0 aliphatic carbocycles. The van der Waals surface area contributed by atoms with Crippen LogP contribution in [0.25, 0.3) is 6.08 Å². The lowest BCUT2D eigenvalue weighted by Crippen LogP contribution is -1.99. The number of nitro benzene ring substituents is 1. The van der Waals surface area contributed by atoms with E-state index in [9.17, 15) is 10.1 Å². The molecule has 1 N–H and O–H groups in total. The van der Waals surface area contributed by atoms with E-state index in [1.54, 1.807) is 29.0 Å². The maximum atomic E-state index is 10.7. The first-order chi connectivity index (χ1) is 12.7. The van der Waals surface area contributed by atoms with Crippen LogP contribution < -0.4 is 5.43 Å². The smallest absolute Gasteiger partial charge is 0.271 e. The molecule has 0 saturated carbocycles. The van der Waals surface area contributed by atoms with E-state index in [1.807, 2.05) is 36.5 Å². The zero-order valence-corrected chi connectivity index (χ0v) is 13.8. The molecule has 0 amide bonds. The highest BCUT2D eigenvalue weighted by molar-refractivity contribution is 5.78. The summed E-state index contributed by atoms with van der Waals surface area (Å²) in [6.07, 6.45) is 6.86. The first-order valence-electron chi connectivity index (χ1n) is 7.85. The van der Waals surface area contributed by atoms with E-state index < -0.39 is 4.92 Å². The molecule has 0 aliphatic heterocycles. The van der Waals surface area contributed by atoms with Crippen LogP contribution in [0.15, 0.2) is 72.0 Å². The average molecular weight is 348 g/mol. The summed E-state index contributed by atoms with van der Waals surface area (Å²) in [6.45, 7) is 0.657. The summed E-state index contributed by atoms with van der Waals surface area (Å²) in [5, 5.41) is 22.9. The first-order valence-corrected chi connectivity index (χ1v) is 7.85. The molecule has 0 bridgehead atoms. The summed E-state index contributed by atoms with van der Waals surface area (Å²) in [6, 6.07) is 16.1. The molecule has 3 rings (SSSR count). The van der Waals surface area contributed by atoms with Crippen molar-refractivity contribution in [2.75, 3.05) is 5.43 Å². The molecule has 0 radical (unpaired) electrons. The molecule has 8 nitrogen and oxygen atoms in total. The average Bonchev–Trinajstić information content (AvgIpc) is 3.10. The quantitative estimate of drug-likeness (QED) is 0.401. The number of hydrogen-bond acceptors (Lipinski definition) is 6. The number of nitrogens with zero attached hydrogens (tertiary/aromatic N) is 5. The van der Waals surface area contributed by atoms with Crippen LogP contribution in [-0.4, -0.2) is 26.1 Å². The van der Waals surface area contributed by atoms with Crippen LogP contribution in [0, 0.1) is 10.1 Å². The van der Waals surface area contributed by atoms with Crippen molar-refractivity contribution in [2.24, 2.45) is 5.10 Å².